The summed E-state index contributed by atoms with van der Waals surface area (Å²) < 4.78 is 2.05. The second kappa shape index (κ2) is 5.76. The maximum Gasteiger partial charge on any atom is 0.255 e. The Labute approximate surface area is 141 Å². The minimum atomic E-state index is -0.0469. The number of carbonyl (C=O) groups is 1. The van der Waals surface area contributed by atoms with E-state index in [-0.39, 0.29) is 17.4 Å². The Morgan fingerprint density at radius 1 is 1.43 bits per heavy atom. The van der Waals surface area contributed by atoms with Crippen molar-refractivity contribution in [2.45, 2.75) is 40.2 Å². The van der Waals surface area contributed by atoms with Gasteiger partial charge in [0, 0.05) is 42.1 Å². The summed E-state index contributed by atoms with van der Waals surface area (Å²) in [5.41, 5.74) is 8.90. The quantitative estimate of drug-likeness (QED) is 0.920. The normalized spacial score (nSPS) is 20.7. The van der Waals surface area contributed by atoms with Gasteiger partial charge in [0.2, 0.25) is 0 Å². The lowest BCUT2D eigenvalue weighted by atomic mass is 9.79. The zero-order chi connectivity index (χ0) is 16.8. The zero-order valence-corrected chi connectivity index (χ0v) is 15.0. The summed E-state index contributed by atoms with van der Waals surface area (Å²) in [6.07, 6.45) is 2.64. The summed E-state index contributed by atoms with van der Waals surface area (Å²) in [6, 6.07) is 2.12. The Balaban J connectivity index is 1.91. The molecule has 1 aliphatic heterocycles. The van der Waals surface area contributed by atoms with Gasteiger partial charge in [0.1, 0.15) is 0 Å². The fraction of sp³-hybridized carbons (Fsp3) is 0.529. The van der Waals surface area contributed by atoms with Crippen LogP contribution in [0, 0.1) is 19.3 Å². The monoisotopic (exact) mass is 332 g/mol. The first-order valence-electron chi connectivity index (χ1n) is 7.95. The fourth-order valence-corrected chi connectivity index (χ4v) is 4.07. The Kier molecular flexibility index (Phi) is 4.06. The lowest BCUT2D eigenvalue weighted by Crippen LogP contribution is -2.54. The first-order chi connectivity index (χ1) is 10.8. The molecule has 0 radical (unpaired) electrons. The van der Waals surface area contributed by atoms with Crippen molar-refractivity contribution in [3.05, 3.63) is 34.6 Å². The minimum absolute atomic E-state index is 0.0469. The highest BCUT2D eigenvalue weighted by atomic mass is 32.1. The van der Waals surface area contributed by atoms with Crippen LogP contribution in [0.5, 0.6) is 0 Å². The number of thiazole rings is 1. The van der Waals surface area contributed by atoms with Crippen molar-refractivity contribution in [2.75, 3.05) is 13.1 Å². The highest BCUT2D eigenvalue weighted by molar-refractivity contribution is 7.12. The van der Waals surface area contributed by atoms with Crippen LogP contribution in [-0.4, -0.2) is 39.5 Å². The predicted octanol–water partition coefficient (Wildman–Crippen LogP) is 2.75. The zero-order valence-electron chi connectivity index (χ0n) is 14.2. The van der Waals surface area contributed by atoms with Gasteiger partial charge in [0.15, 0.2) is 5.13 Å². The number of rotatable bonds is 2. The molecule has 0 saturated carbocycles. The van der Waals surface area contributed by atoms with E-state index >= 15 is 0 Å². The Morgan fingerprint density at radius 2 is 2.17 bits per heavy atom. The third-order valence-corrected chi connectivity index (χ3v) is 5.63. The molecule has 1 unspecified atom stereocenters. The molecule has 1 saturated heterocycles. The smallest absolute Gasteiger partial charge is 0.255 e. The molecule has 1 amide bonds. The van der Waals surface area contributed by atoms with Gasteiger partial charge < -0.3 is 10.6 Å². The predicted molar refractivity (Wildman–Crippen MR) is 93.2 cm³/mol. The summed E-state index contributed by atoms with van der Waals surface area (Å²) in [7, 11) is 0. The second-order valence-electron chi connectivity index (χ2n) is 7.05. The van der Waals surface area contributed by atoms with Crippen LogP contribution in [0.15, 0.2) is 17.6 Å². The van der Waals surface area contributed by atoms with Crippen LogP contribution in [0.25, 0.3) is 5.13 Å². The van der Waals surface area contributed by atoms with Gasteiger partial charge in [0.05, 0.1) is 5.56 Å². The SMILES string of the molecule is Cc1cc(C(=O)N2CCC(N)C(C)(C)C2)c(C)n1-c1nccs1. The molecule has 3 heterocycles. The van der Waals surface area contributed by atoms with Crippen LogP contribution in [-0.2, 0) is 0 Å². The number of hydrogen-bond acceptors (Lipinski definition) is 4. The van der Waals surface area contributed by atoms with E-state index in [9.17, 15) is 4.79 Å². The van der Waals surface area contributed by atoms with Crippen LogP contribution in [0.3, 0.4) is 0 Å². The average molecular weight is 332 g/mol. The number of hydrogen-bond donors (Lipinski definition) is 1. The number of likely N-dealkylation sites (tertiary alicyclic amines) is 1. The molecule has 2 N–H and O–H groups in total. The van der Waals surface area contributed by atoms with E-state index in [2.05, 4.69) is 23.4 Å². The van der Waals surface area contributed by atoms with E-state index in [1.807, 2.05) is 30.2 Å². The molecule has 124 valence electrons. The van der Waals surface area contributed by atoms with Crippen molar-refractivity contribution in [2.24, 2.45) is 11.1 Å². The van der Waals surface area contributed by atoms with Gasteiger partial charge in [-0.25, -0.2) is 4.98 Å². The van der Waals surface area contributed by atoms with Crippen molar-refractivity contribution in [3.8, 4) is 5.13 Å². The second-order valence-corrected chi connectivity index (χ2v) is 7.92. The molecule has 0 aromatic carbocycles. The molecule has 2 aromatic heterocycles. The Bertz CT molecular complexity index is 717. The number of nitrogens with two attached hydrogens (primary N) is 1. The molecular weight excluding hydrogens is 308 g/mol. The van der Waals surface area contributed by atoms with Crippen molar-refractivity contribution in [3.63, 3.8) is 0 Å². The van der Waals surface area contributed by atoms with Gasteiger partial charge in [-0.3, -0.25) is 9.36 Å². The summed E-state index contributed by atoms with van der Waals surface area (Å²) >= 11 is 1.58. The van der Waals surface area contributed by atoms with Crippen LogP contribution in [0.1, 0.15) is 42.0 Å². The third-order valence-electron chi connectivity index (χ3n) is 4.87. The van der Waals surface area contributed by atoms with E-state index in [1.165, 1.54) is 0 Å². The van der Waals surface area contributed by atoms with Gasteiger partial charge in [-0.05, 0) is 31.7 Å². The number of nitrogens with zero attached hydrogens (tertiary/aromatic N) is 3. The van der Waals surface area contributed by atoms with Crippen LogP contribution >= 0.6 is 11.3 Å². The molecule has 3 rings (SSSR count). The molecule has 5 nitrogen and oxygen atoms in total. The van der Waals surface area contributed by atoms with Crippen molar-refractivity contribution < 1.29 is 4.79 Å². The molecule has 6 heteroatoms. The summed E-state index contributed by atoms with van der Waals surface area (Å²) in [6.45, 7) is 9.70. The van der Waals surface area contributed by atoms with Crippen LogP contribution in [0.4, 0.5) is 0 Å². The van der Waals surface area contributed by atoms with Gasteiger partial charge in [-0.15, -0.1) is 11.3 Å². The molecule has 0 aliphatic carbocycles. The molecule has 0 spiro atoms. The molecule has 1 atom stereocenters. The van der Waals surface area contributed by atoms with Crippen molar-refractivity contribution in [1.82, 2.24) is 14.5 Å². The van der Waals surface area contributed by atoms with E-state index in [4.69, 9.17) is 5.73 Å². The first-order valence-corrected chi connectivity index (χ1v) is 8.83. The fourth-order valence-electron chi connectivity index (χ4n) is 3.32. The van der Waals surface area contributed by atoms with Gasteiger partial charge in [-0.1, -0.05) is 13.8 Å². The van der Waals surface area contributed by atoms with Crippen molar-refractivity contribution >= 4 is 17.2 Å². The highest BCUT2D eigenvalue weighted by Crippen LogP contribution is 2.30. The van der Waals surface area contributed by atoms with E-state index in [0.29, 0.717) is 6.54 Å². The topological polar surface area (TPSA) is 64.2 Å². The van der Waals surface area contributed by atoms with E-state index in [0.717, 1.165) is 35.0 Å². The van der Waals surface area contributed by atoms with Gasteiger partial charge >= 0.3 is 0 Å². The van der Waals surface area contributed by atoms with Crippen LogP contribution in [0.2, 0.25) is 0 Å². The van der Waals surface area contributed by atoms with Gasteiger partial charge in [0.25, 0.3) is 5.91 Å². The largest absolute Gasteiger partial charge is 0.338 e. The number of aromatic nitrogens is 2. The summed E-state index contributed by atoms with van der Waals surface area (Å²) in [4.78, 5) is 19.3. The standard InChI is InChI=1S/C17H24N4OS/c1-11-9-13(12(2)21(11)16-19-6-8-23-16)15(22)20-7-5-14(18)17(3,4)10-20/h6,8-9,14H,5,7,10,18H2,1-4H3. The van der Waals surface area contributed by atoms with Gasteiger partial charge in [-0.2, -0.15) is 0 Å². The Morgan fingerprint density at radius 3 is 2.78 bits per heavy atom. The number of aryl methyl sites for hydroxylation is 1. The molecule has 2 aromatic rings. The minimum Gasteiger partial charge on any atom is -0.338 e. The molecule has 0 bridgehead atoms. The number of piperidine rings is 1. The molecule has 1 fully saturated rings. The van der Waals surface area contributed by atoms with E-state index in [1.54, 1.807) is 17.5 Å². The van der Waals surface area contributed by atoms with Crippen LogP contribution < -0.4 is 5.73 Å². The third kappa shape index (κ3) is 2.81. The summed E-state index contributed by atoms with van der Waals surface area (Å²) in [5.74, 6) is 0.0980. The number of carbonyl (C=O) groups excluding carboxylic acids is 1. The molecular formula is C17H24N4OS. The first kappa shape index (κ1) is 16.2. The lowest BCUT2D eigenvalue weighted by Gasteiger charge is -2.42. The Hall–Kier alpha value is -1.66. The van der Waals surface area contributed by atoms with Crippen molar-refractivity contribution in [1.29, 1.82) is 0 Å². The average Bonchev–Trinajstić information content (AvgIpc) is 3.09. The summed E-state index contributed by atoms with van der Waals surface area (Å²) in [5, 5.41) is 2.85. The molecule has 1 aliphatic rings. The maximum absolute atomic E-state index is 13.0. The number of amides is 1. The van der Waals surface area contributed by atoms with E-state index < -0.39 is 0 Å². The molecule has 23 heavy (non-hydrogen) atoms. The highest BCUT2D eigenvalue weighted by Gasteiger charge is 2.36. The maximum atomic E-state index is 13.0. The lowest BCUT2D eigenvalue weighted by molar-refractivity contribution is 0.0532.